The molecule has 10 heteroatoms. The highest BCUT2D eigenvalue weighted by molar-refractivity contribution is 7.90. The van der Waals surface area contributed by atoms with Crippen LogP contribution in [0, 0.1) is 0 Å². The maximum absolute atomic E-state index is 14.1. The largest absolute Gasteiger partial charge is 0.511 e. The van der Waals surface area contributed by atoms with E-state index >= 15 is 0 Å². The Morgan fingerprint density at radius 1 is 0.643 bits per heavy atom. The maximum Gasteiger partial charge on any atom is 0.511 e. The maximum atomic E-state index is 14.1. The highest BCUT2D eigenvalue weighted by Gasteiger charge is 2.64. The Balaban J connectivity index is 1.87. The monoisotopic (exact) mass is 597 g/mol. The van der Waals surface area contributed by atoms with Crippen LogP contribution in [-0.4, -0.2) is 37.0 Å². The Kier molecular flexibility index (Phi) is 7.80. The minimum atomic E-state index is -5.99. The second-order valence-corrected chi connectivity index (χ2v) is 12.2. The summed E-state index contributed by atoms with van der Waals surface area (Å²) in [6.45, 7) is 3.13. The van der Waals surface area contributed by atoms with E-state index in [-0.39, 0.29) is 11.1 Å². The predicted octanol–water partition coefficient (Wildman–Crippen LogP) is 5.83. The van der Waals surface area contributed by atoms with E-state index in [1.807, 2.05) is 4.72 Å². The lowest BCUT2D eigenvalue weighted by Crippen LogP contribution is -2.63. The Hall–Kier alpha value is -3.54. The molecule has 6 nitrogen and oxygen atoms in total. The molecule has 0 bridgehead atoms. The molecule has 0 aliphatic carbocycles. The summed E-state index contributed by atoms with van der Waals surface area (Å²) in [4.78, 5) is 0. The van der Waals surface area contributed by atoms with Crippen LogP contribution in [0.25, 0.3) is 0 Å². The molecule has 2 N–H and O–H groups in total. The summed E-state index contributed by atoms with van der Waals surface area (Å²) in [5.41, 5.74) is -8.80. The SMILES string of the molecule is CC1(C)O[C@H](C(O)(c2ccccc2)c2ccccc2)[C@@H](C(NS(=O)(=O)C(F)(F)F)(c2ccccc2)c2ccccc2)O1. The van der Waals surface area contributed by atoms with Gasteiger partial charge in [0.1, 0.15) is 23.3 Å². The van der Waals surface area contributed by atoms with Crippen molar-refractivity contribution in [3.05, 3.63) is 144 Å². The topological polar surface area (TPSA) is 84.9 Å². The summed E-state index contributed by atoms with van der Waals surface area (Å²) in [6, 6.07) is 32.8. The van der Waals surface area contributed by atoms with Crippen LogP contribution in [-0.2, 0) is 30.6 Å². The summed E-state index contributed by atoms with van der Waals surface area (Å²) in [5, 5.41) is 12.8. The van der Waals surface area contributed by atoms with Gasteiger partial charge in [-0.2, -0.15) is 17.9 Å². The van der Waals surface area contributed by atoms with Crippen molar-refractivity contribution in [3.8, 4) is 0 Å². The van der Waals surface area contributed by atoms with Crippen molar-refractivity contribution in [2.24, 2.45) is 0 Å². The van der Waals surface area contributed by atoms with Crippen LogP contribution in [0.5, 0.6) is 0 Å². The number of ether oxygens (including phenoxy) is 2. The lowest BCUT2D eigenvalue weighted by molar-refractivity contribution is -0.167. The van der Waals surface area contributed by atoms with Gasteiger partial charge in [0.15, 0.2) is 5.79 Å². The van der Waals surface area contributed by atoms with Crippen LogP contribution in [0.1, 0.15) is 36.1 Å². The second-order valence-electron chi connectivity index (χ2n) is 10.6. The van der Waals surface area contributed by atoms with Crippen LogP contribution >= 0.6 is 0 Å². The third-order valence-electron chi connectivity index (χ3n) is 7.42. The van der Waals surface area contributed by atoms with E-state index in [2.05, 4.69) is 0 Å². The van der Waals surface area contributed by atoms with E-state index in [1.165, 1.54) is 24.3 Å². The highest BCUT2D eigenvalue weighted by Crippen LogP contribution is 2.51. The molecule has 4 aromatic rings. The smallest absolute Gasteiger partial charge is 0.378 e. The fourth-order valence-electron chi connectivity index (χ4n) is 5.61. The van der Waals surface area contributed by atoms with E-state index in [4.69, 9.17) is 9.47 Å². The van der Waals surface area contributed by atoms with Crippen molar-refractivity contribution in [3.63, 3.8) is 0 Å². The van der Waals surface area contributed by atoms with Crippen LogP contribution in [0.2, 0.25) is 0 Å². The molecule has 2 atom stereocenters. The minimum absolute atomic E-state index is 0.156. The fraction of sp³-hybridized carbons (Fsp3) is 0.250. The molecular formula is C32H30F3NO5S. The summed E-state index contributed by atoms with van der Waals surface area (Å²) in [5.74, 6) is -1.45. The van der Waals surface area contributed by atoms with E-state index < -0.39 is 44.7 Å². The Morgan fingerprint density at radius 2 is 0.976 bits per heavy atom. The van der Waals surface area contributed by atoms with Gasteiger partial charge in [-0.05, 0) is 36.1 Å². The van der Waals surface area contributed by atoms with Crippen molar-refractivity contribution in [1.29, 1.82) is 0 Å². The van der Waals surface area contributed by atoms with Crippen molar-refractivity contribution < 1.29 is 36.2 Å². The van der Waals surface area contributed by atoms with Crippen molar-refractivity contribution >= 4 is 10.0 Å². The molecule has 0 radical (unpaired) electrons. The molecule has 0 amide bonds. The molecule has 1 heterocycles. The summed E-state index contributed by atoms with van der Waals surface area (Å²) in [7, 11) is -5.99. The van der Waals surface area contributed by atoms with Crippen molar-refractivity contribution in [2.45, 2.75) is 48.5 Å². The molecule has 42 heavy (non-hydrogen) atoms. The predicted molar refractivity (Wildman–Crippen MR) is 151 cm³/mol. The van der Waals surface area contributed by atoms with Gasteiger partial charge in [0.2, 0.25) is 0 Å². The zero-order valence-electron chi connectivity index (χ0n) is 22.8. The van der Waals surface area contributed by atoms with Gasteiger partial charge < -0.3 is 14.6 Å². The quantitative estimate of drug-likeness (QED) is 0.267. The molecule has 0 saturated carbocycles. The fourth-order valence-corrected chi connectivity index (χ4v) is 6.50. The summed E-state index contributed by atoms with van der Waals surface area (Å²) >= 11 is 0. The van der Waals surface area contributed by atoms with Gasteiger partial charge >= 0.3 is 15.5 Å². The average Bonchev–Trinajstić information content (AvgIpc) is 3.32. The van der Waals surface area contributed by atoms with Crippen LogP contribution in [0.3, 0.4) is 0 Å². The Bertz CT molecular complexity index is 1520. The van der Waals surface area contributed by atoms with Gasteiger partial charge in [0.25, 0.3) is 0 Å². The molecule has 0 unspecified atom stereocenters. The van der Waals surface area contributed by atoms with E-state index in [9.17, 15) is 26.7 Å². The van der Waals surface area contributed by atoms with Crippen LogP contribution < -0.4 is 4.72 Å². The molecular weight excluding hydrogens is 567 g/mol. The molecule has 4 aromatic carbocycles. The number of nitrogens with one attached hydrogen (secondary N) is 1. The first-order valence-electron chi connectivity index (χ1n) is 13.2. The number of hydrogen-bond acceptors (Lipinski definition) is 5. The minimum Gasteiger partial charge on any atom is -0.378 e. The van der Waals surface area contributed by atoms with Gasteiger partial charge in [-0.3, -0.25) is 0 Å². The highest BCUT2D eigenvalue weighted by atomic mass is 32.2. The molecule has 5 rings (SSSR count). The number of rotatable bonds is 8. The van der Waals surface area contributed by atoms with E-state index in [1.54, 1.807) is 111 Å². The van der Waals surface area contributed by atoms with E-state index in [0.717, 1.165) is 0 Å². The number of sulfonamides is 1. The molecule has 0 spiro atoms. The zero-order chi connectivity index (χ0) is 30.2. The second kappa shape index (κ2) is 10.9. The van der Waals surface area contributed by atoms with Crippen molar-refractivity contribution in [1.82, 2.24) is 4.72 Å². The van der Waals surface area contributed by atoms with E-state index in [0.29, 0.717) is 11.1 Å². The number of alkyl halides is 3. The standard InChI is InChI=1S/C32H30F3NO5S/c1-29(2)40-27(28(41-29)31(37,25-19-11-5-12-20-25)26-21-13-6-14-22-26)30(23-15-7-3-8-16-23,24-17-9-4-10-18-24)36-42(38,39)32(33,34)35/h3-22,27-28,36-37H,1-2H3/t27-,28-/m0/s1. The Labute approximate surface area is 242 Å². The van der Waals surface area contributed by atoms with Gasteiger partial charge in [0.05, 0.1) is 0 Å². The first kappa shape index (κ1) is 29.9. The first-order chi connectivity index (χ1) is 19.8. The molecule has 1 saturated heterocycles. The molecule has 1 aliphatic heterocycles. The lowest BCUT2D eigenvalue weighted by Gasteiger charge is -2.45. The summed E-state index contributed by atoms with van der Waals surface area (Å²) in [6.07, 6.45) is -2.95. The van der Waals surface area contributed by atoms with Gasteiger partial charge in [-0.1, -0.05) is 121 Å². The van der Waals surface area contributed by atoms with Gasteiger partial charge in [0, 0.05) is 0 Å². The normalized spacial score (nSPS) is 19.5. The molecule has 1 aliphatic rings. The van der Waals surface area contributed by atoms with Crippen molar-refractivity contribution in [2.75, 3.05) is 0 Å². The van der Waals surface area contributed by atoms with Crippen LogP contribution in [0.15, 0.2) is 121 Å². The Morgan fingerprint density at radius 3 is 1.33 bits per heavy atom. The third kappa shape index (κ3) is 5.25. The average molecular weight is 598 g/mol. The number of benzene rings is 4. The number of aliphatic hydroxyl groups is 1. The zero-order valence-corrected chi connectivity index (χ0v) is 23.6. The number of halogens is 3. The first-order valence-corrected chi connectivity index (χ1v) is 14.7. The third-order valence-corrected chi connectivity index (χ3v) is 8.62. The summed E-state index contributed by atoms with van der Waals surface area (Å²) < 4.78 is 83.2. The van der Waals surface area contributed by atoms with Gasteiger partial charge in [-0.25, -0.2) is 8.42 Å². The molecule has 0 aromatic heterocycles. The van der Waals surface area contributed by atoms with Crippen LogP contribution in [0.4, 0.5) is 13.2 Å². The number of hydrogen-bond donors (Lipinski definition) is 2. The lowest BCUT2D eigenvalue weighted by atomic mass is 9.70. The van der Waals surface area contributed by atoms with Gasteiger partial charge in [-0.15, -0.1) is 0 Å². The molecule has 1 fully saturated rings. The molecule has 220 valence electrons.